The number of nitrogens with one attached hydrogen (secondary N) is 1. The molecule has 0 saturated heterocycles. The van der Waals surface area contributed by atoms with Gasteiger partial charge in [-0.05, 0) is 17.5 Å². The highest BCUT2D eigenvalue weighted by atomic mass is 16.5. The number of carbonyl (C=O) groups excluding carboxylic acids is 2. The third-order valence-electron chi connectivity index (χ3n) is 3.52. The number of benzene rings is 2. The smallest absolute Gasteiger partial charge is 0.308 e. The molecule has 0 unspecified atom stereocenters. The molecule has 2 aromatic rings. The summed E-state index contributed by atoms with van der Waals surface area (Å²) in [6, 6.07) is 18.3. The Hall–Kier alpha value is -2.66. The van der Waals surface area contributed by atoms with Crippen LogP contribution in [-0.2, 0) is 27.4 Å². The molecular weight excluding hydrogens is 304 g/mol. The first-order chi connectivity index (χ1) is 11.6. The lowest BCUT2D eigenvalue weighted by molar-refractivity contribution is -0.146. The van der Waals surface area contributed by atoms with Crippen molar-refractivity contribution in [1.29, 1.82) is 0 Å². The minimum Gasteiger partial charge on any atom is -0.461 e. The van der Waals surface area contributed by atoms with E-state index in [1.807, 2.05) is 60.7 Å². The molecule has 0 aliphatic rings. The molecule has 0 fully saturated rings. The minimum atomic E-state index is -0.899. The van der Waals surface area contributed by atoms with E-state index in [9.17, 15) is 9.59 Å². The summed E-state index contributed by atoms with van der Waals surface area (Å²) in [6.07, 6.45) is 0.585. The van der Waals surface area contributed by atoms with Gasteiger partial charge in [0.1, 0.15) is 6.61 Å². The third kappa shape index (κ3) is 6.22. The van der Waals surface area contributed by atoms with Crippen molar-refractivity contribution >= 4 is 11.9 Å². The van der Waals surface area contributed by atoms with Gasteiger partial charge in [-0.15, -0.1) is 0 Å². The highest BCUT2D eigenvalue weighted by Gasteiger charge is 2.18. The summed E-state index contributed by atoms with van der Waals surface area (Å²) in [7, 11) is 0. The van der Waals surface area contributed by atoms with Crippen LogP contribution >= 0.6 is 0 Å². The molecule has 3 N–H and O–H groups in total. The number of esters is 1. The van der Waals surface area contributed by atoms with Crippen LogP contribution in [-0.4, -0.2) is 24.5 Å². The average Bonchev–Trinajstić information content (AvgIpc) is 2.61. The first-order valence-electron chi connectivity index (χ1n) is 7.92. The van der Waals surface area contributed by atoms with Crippen LogP contribution < -0.4 is 11.1 Å². The first kappa shape index (κ1) is 17.7. The highest BCUT2D eigenvalue weighted by Crippen LogP contribution is 2.03. The van der Waals surface area contributed by atoms with Crippen LogP contribution in [0.15, 0.2) is 60.7 Å². The SMILES string of the molecule is N[C@@H](CC(=O)OCc1ccccc1)C(=O)NCCc1ccccc1. The molecule has 5 nitrogen and oxygen atoms in total. The van der Waals surface area contributed by atoms with Crippen molar-refractivity contribution in [1.82, 2.24) is 5.32 Å². The van der Waals surface area contributed by atoms with E-state index in [1.165, 1.54) is 0 Å². The van der Waals surface area contributed by atoms with Crippen LogP contribution in [0, 0.1) is 0 Å². The van der Waals surface area contributed by atoms with Gasteiger partial charge >= 0.3 is 5.97 Å². The van der Waals surface area contributed by atoms with Crippen molar-refractivity contribution in [3.05, 3.63) is 71.8 Å². The van der Waals surface area contributed by atoms with Gasteiger partial charge in [0.05, 0.1) is 12.5 Å². The maximum Gasteiger partial charge on any atom is 0.308 e. The van der Waals surface area contributed by atoms with Crippen LogP contribution in [0.4, 0.5) is 0 Å². The second-order valence-corrected chi connectivity index (χ2v) is 5.48. The van der Waals surface area contributed by atoms with Crippen molar-refractivity contribution in [2.45, 2.75) is 25.5 Å². The second kappa shape index (κ2) is 9.47. The van der Waals surface area contributed by atoms with Gasteiger partial charge in [-0.2, -0.15) is 0 Å². The molecule has 1 atom stereocenters. The molecule has 0 bridgehead atoms. The van der Waals surface area contributed by atoms with E-state index in [2.05, 4.69) is 5.32 Å². The van der Waals surface area contributed by atoms with Gasteiger partial charge in [0.25, 0.3) is 0 Å². The number of amides is 1. The van der Waals surface area contributed by atoms with Crippen LogP contribution in [0.5, 0.6) is 0 Å². The van der Waals surface area contributed by atoms with Crippen LogP contribution in [0.3, 0.4) is 0 Å². The Labute approximate surface area is 141 Å². The summed E-state index contributed by atoms with van der Waals surface area (Å²) < 4.78 is 5.12. The Morgan fingerprint density at radius 1 is 0.958 bits per heavy atom. The zero-order valence-corrected chi connectivity index (χ0v) is 13.5. The van der Waals surface area contributed by atoms with E-state index in [4.69, 9.17) is 10.5 Å². The predicted molar refractivity (Wildman–Crippen MR) is 92.0 cm³/mol. The fraction of sp³-hybridized carbons (Fsp3) is 0.263. The molecule has 5 heteroatoms. The molecule has 24 heavy (non-hydrogen) atoms. The fourth-order valence-electron chi connectivity index (χ4n) is 2.18. The fourth-order valence-corrected chi connectivity index (χ4v) is 2.18. The Bertz CT molecular complexity index is 644. The number of hydrogen-bond acceptors (Lipinski definition) is 4. The lowest BCUT2D eigenvalue weighted by Crippen LogP contribution is -2.42. The quantitative estimate of drug-likeness (QED) is 0.725. The minimum absolute atomic E-state index is 0.135. The second-order valence-electron chi connectivity index (χ2n) is 5.48. The molecular formula is C19H22N2O3. The Balaban J connectivity index is 1.66. The van der Waals surface area contributed by atoms with E-state index in [1.54, 1.807) is 0 Å². The summed E-state index contributed by atoms with van der Waals surface area (Å²) in [4.78, 5) is 23.6. The van der Waals surface area contributed by atoms with Crippen LogP contribution in [0.2, 0.25) is 0 Å². The topological polar surface area (TPSA) is 81.4 Å². The number of ether oxygens (including phenoxy) is 1. The van der Waals surface area contributed by atoms with Crippen LogP contribution in [0.1, 0.15) is 17.5 Å². The van der Waals surface area contributed by atoms with Gasteiger partial charge in [-0.25, -0.2) is 0 Å². The lowest BCUT2D eigenvalue weighted by atomic mass is 10.1. The monoisotopic (exact) mass is 326 g/mol. The highest BCUT2D eigenvalue weighted by molar-refractivity contribution is 5.86. The maximum absolute atomic E-state index is 11.9. The van der Waals surface area contributed by atoms with Crippen molar-refractivity contribution < 1.29 is 14.3 Å². The molecule has 2 aromatic carbocycles. The predicted octanol–water partition coefficient (Wildman–Crippen LogP) is 1.81. The summed E-state index contributed by atoms with van der Waals surface area (Å²) >= 11 is 0. The van der Waals surface area contributed by atoms with E-state index < -0.39 is 12.0 Å². The number of rotatable bonds is 8. The lowest BCUT2D eigenvalue weighted by Gasteiger charge is -2.12. The van der Waals surface area contributed by atoms with Gasteiger partial charge in [0.15, 0.2) is 0 Å². The molecule has 126 valence electrons. The third-order valence-corrected chi connectivity index (χ3v) is 3.52. The molecule has 0 heterocycles. The number of hydrogen-bond donors (Lipinski definition) is 2. The largest absolute Gasteiger partial charge is 0.461 e. The molecule has 0 aliphatic carbocycles. The normalized spacial score (nSPS) is 11.5. The van der Waals surface area contributed by atoms with Gasteiger partial charge in [-0.3, -0.25) is 9.59 Å². The zero-order chi connectivity index (χ0) is 17.2. The van der Waals surface area contributed by atoms with E-state index in [0.29, 0.717) is 6.54 Å². The van der Waals surface area contributed by atoms with Gasteiger partial charge in [-0.1, -0.05) is 60.7 Å². The van der Waals surface area contributed by atoms with E-state index >= 15 is 0 Å². The average molecular weight is 326 g/mol. The van der Waals surface area contributed by atoms with Gasteiger partial charge in [0, 0.05) is 6.54 Å². The summed E-state index contributed by atoms with van der Waals surface area (Å²) in [5.74, 6) is -0.827. The van der Waals surface area contributed by atoms with Crippen molar-refractivity contribution in [2.24, 2.45) is 5.73 Å². The molecule has 1 amide bonds. The van der Waals surface area contributed by atoms with Gasteiger partial charge < -0.3 is 15.8 Å². The Morgan fingerprint density at radius 3 is 2.17 bits per heavy atom. The molecule has 0 aromatic heterocycles. The summed E-state index contributed by atoms with van der Waals surface area (Å²) in [5, 5.41) is 2.74. The van der Waals surface area contributed by atoms with E-state index in [0.717, 1.165) is 17.5 Å². The zero-order valence-electron chi connectivity index (χ0n) is 13.5. The number of carbonyl (C=O) groups is 2. The summed E-state index contributed by atoms with van der Waals surface area (Å²) in [6.45, 7) is 0.664. The van der Waals surface area contributed by atoms with Crippen LogP contribution in [0.25, 0.3) is 0 Å². The van der Waals surface area contributed by atoms with Gasteiger partial charge in [0.2, 0.25) is 5.91 Å². The number of nitrogens with two attached hydrogens (primary N) is 1. The Kier molecular flexibility index (Phi) is 6.98. The Morgan fingerprint density at radius 2 is 1.54 bits per heavy atom. The van der Waals surface area contributed by atoms with E-state index in [-0.39, 0.29) is 18.9 Å². The molecule has 2 rings (SSSR count). The molecule has 0 spiro atoms. The molecule has 0 aliphatic heterocycles. The standard InChI is InChI=1S/C19H22N2O3/c20-17(13-18(22)24-14-16-9-5-2-6-10-16)19(23)21-12-11-15-7-3-1-4-8-15/h1-10,17H,11-14,20H2,(H,21,23)/t17-/m0/s1. The van der Waals surface area contributed by atoms with Crippen molar-refractivity contribution in [2.75, 3.05) is 6.54 Å². The van der Waals surface area contributed by atoms with Crippen molar-refractivity contribution in [3.8, 4) is 0 Å². The summed E-state index contributed by atoms with van der Waals surface area (Å²) in [5.41, 5.74) is 7.78. The molecule has 0 saturated carbocycles. The first-order valence-corrected chi connectivity index (χ1v) is 7.92. The maximum atomic E-state index is 11.9. The molecule has 0 radical (unpaired) electrons. The van der Waals surface area contributed by atoms with Crippen molar-refractivity contribution in [3.63, 3.8) is 0 Å².